The third kappa shape index (κ3) is 3.29. The van der Waals surface area contributed by atoms with E-state index in [0.717, 1.165) is 6.42 Å². The van der Waals surface area contributed by atoms with E-state index in [1.807, 2.05) is 0 Å². The van der Waals surface area contributed by atoms with E-state index < -0.39 is 0 Å². The number of ether oxygens (including phenoxy) is 2. The highest BCUT2D eigenvalue weighted by molar-refractivity contribution is 6.34. The molecule has 0 saturated heterocycles. The maximum absolute atomic E-state index is 13.9. The molecule has 2 aromatic rings. The highest BCUT2D eigenvalue weighted by Crippen LogP contribution is 2.49. The molecule has 0 spiro atoms. The normalized spacial score (nSPS) is 21.4. The predicted molar refractivity (Wildman–Crippen MR) is 92.9 cm³/mol. The fraction of sp³-hybridized carbons (Fsp3) is 0.316. The Morgan fingerprint density at radius 3 is 2.64 bits per heavy atom. The van der Waals surface area contributed by atoms with Gasteiger partial charge in [-0.3, -0.25) is 4.79 Å². The molecule has 1 heterocycles. The van der Waals surface area contributed by atoms with Gasteiger partial charge in [0.15, 0.2) is 11.5 Å². The first-order chi connectivity index (χ1) is 12.1. The van der Waals surface area contributed by atoms with E-state index in [1.165, 1.54) is 6.07 Å². The van der Waals surface area contributed by atoms with E-state index in [0.29, 0.717) is 47.4 Å². The zero-order valence-electron chi connectivity index (χ0n) is 13.4. The summed E-state index contributed by atoms with van der Waals surface area (Å²) in [5.74, 6) is 0.389. The van der Waals surface area contributed by atoms with Gasteiger partial charge in [-0.25, -0.2) is 4.39 Å². The lowest BCUT2D eigenvalue weighted by Crippen LogP contribution is -2.15. The van der Waals surface area contributed by atoms with Crippen LogP contribution in [0.25, 0.3) is 0 Å². The van der Waals surface area contributed by atoms with E-state index in [-0.39, 0.29) is 23.6 Å². The van der Waals surface area contributed by atoms with E-state index in [9.17, 15) is 9.18 Å². The van der Waals surface area contributed by atoms with Crippen molar-refractivity contribution in [3.63, 3.8) is 0 Å². The van der Waals surface area contributed by atoms with Crippen LogP contribution in [0.1, 0.15) is 24.3 Å². The molecule has 130 valence electrons. The first-order valence-corrected chi connectivity index (χ1v) is 8.65. The first-order valence-electron chi connectivity index (χ1n) is 8.28. The Morgan fingerprint density at radius 2 is 1.88 bits per heavy atom. The number of benzene rings is 2. The Kier molecular flexibility index (Phi) is 4.25. The average Bonchev–Trinajstić information content (AvgIpc) is 3.40. The second-order valence-electron chi connectivity index (χ2n) is 6.29. The second kappa shape index (κ2) is 6.56. The number of anilines is 1. The minimum atomic E-state index is -0.267. The van der Waals surface area contributed by atoms with Crippen molar-refractivity contribution in [3.05, 3.63) is 52.8 Å². The lowest BCUT2D eigenvalue weighted by Gasteiger charge is -2.12. The van der Waals surface area contributed by atoms with Crippen molar-refractivity contribution in [2.24, 2.45) is 5.92 Å². The van der Waals surface area contributed by atoms with Gasteiger partial charge in [-0.15, -0.1) is 0 Å². The van der Waals surface area contributed by atoms with Crippen LogP contribution in [0, 0.1) is 11.7 Å². The zero-order chi connectivity index (χ0) is 17.4. The number of amides is 1. The minimum absolute atomic E-state index is 0.0830. The van der Waals surface area contributed by atoms with Gasteiger partial charge in [0, 0.05) is 24.5 Å². The SMILES string of the molecule is O=C(Nc1cc2c(cc1Cl)OCCCO2)[C@H]1C[C@@H]1c1ccccc1F. The topological polar surface area (TPSA) is 47.6 Å². The van der Waals surface area contributed by atoms with Crippen LogP contribution in [0.15, 0.2) is 36.4 Å². The third-order valence-corrected chi connectivity index (χ3v) is 4.84. The van der Waals surface area contributed by atoms with Crippen molar-refractivity contribution in [1.82, 2.24) is 0 Å². The molecule has 6 heteroatoms. The largest absolute Gasteiger partial charge is 0.490 e. The van der Waals surface area contributed by atoms with Crippen LogP contribution in [0.3, 0.4) is 0 Å². The number of halogens is 2. The lowest BCUT2D eigenvalue weighted by atomic mass is 10.1. The van der Waals surface area contributed by atoms with Crippen LogP contribution >= 0.6 is 11.6 Å². The number of carbonyl (C=O) groups excluding carboxylic acids is 1. The summed E-state index contributed by atoms with van der Waals surface area (Å²) < 4.78 is 25.0. The molecule has 0 radical (unpaired) electrons. The Balaban J connectivity index is 1.49. The Bertz CT molecular complexity index is 826. The number of hydrogen-bond acceptors (Lipinski definition) is 3. The molecule has 4 nitrogen and oxygen atoms in total. The second-order valence-corrected chi connectivity index (χ2v) is 6.70. The minimum Gasteiger partial charge on any atom is -0.490 e. The highest BCUT2D eigenvalue weighted by atomic mass is 35.5. The van der Waals surface area contributed by atoms with Crippen molar-refractivity contribution < 1.29 is 18.7 Å². The predicted octanol–water partition coefficient (Wildman–Crippen LogP) is 4.38. The van der Waals surface area contributed by atoms with Crippen LogP contribution in [0.2, 0.25) is 5.02 Å². The molecule has 1 fully saturated rings. The van der Waals surface area contributed by atoms with Crippen LogP contribution < -0.4 is 14.8 Å². The molecule has 1 amide bonds. The van der Waals surface area contributed by atoms with Gasteiger partial charge in [-0.2, -0.15) is 0 Å². The van der Waals surface area contributed by atoms with Crippen molar-refractivity contribution in [3.8, 4) is 11.5 Å². The summed E-state index contributed by atoms with van der Waals surface area (Å²) in [5.41, 5.74) is 1.07. The van der Waals surface area contributed by atoms with Crippen molar-refractivity contribution in [2.75, 3.05) is 18.5 Å². The van der Waals surface area contributed by atoms with Gasteiger partial charge in [0.1, 0.15) is 5.82 Å². The number of nitrogens with one attached hydrogen (secondary N) is 1. The van der Waals surface area contributed by atoms with Crippen LogP contribution in [-0.2, 0) is 4.79 Å². The average molecular weight is 362 g/mol. The number of fused-ring (bicyclic) bond motifs is 1. The number of carbonyl (C=O) groups is 1. The molecule has 1 saturated carbocycles. The van der Waals surface area contributed by atoms with Gasteiger partial charge in [-0.05, 0) is 24.0 Å². The van der Waals surface area contributed by atoms with Gasteiger partial charge in [0.25, 0.3) is 0 Å². The summed E-state index contributed by atoms with van der Waals surface area (Å²) in [5, 5.41) is 3.22. The molecule has 0 bridgehead atoms. The molecule has 25 heavy (non-hydrogen) atoms. The van der Waals surface area contributed by atoms with Crippen molar-refractivity contribution in [1.29, 1.82) is 0 Å². The lowest BCUT2D eigenvalue weighted by molar-refractivity contribution is -0.117. The number of rotatable bonds is 3. The maximum atomic E-state index is 13.9. The van der Waals surface area contributed by atoms with Gasteiger partial charge in [0.2, 0.25) is 5.91 Å². The van der Waals surface area contributed by atoms with Gasteiger partial charge in [-0.1, -0.05) is 29.8 Å². The zero-order valence-corrected chi connectivity index (χ0v) is 14.2. The quantitative estimate of drug-likeness (QED) is 0.882. The van der Waals surface area contributed by atoms with Gasteiger partial charge in [0.05, 0.1) is 23.9 Å². The molecule has 0 aromatic heterocycles. The summed E-state index contributed by atoms with van der Waals surface area (Å²) >= 11 is 6.25. The Hall–Kier alpha value is -2.27. The third-order valence-electron chi connectivity index (χ3n) is 4.53. The molecule has 2 atom stereocenters. The van der Waals surface area contributed by atoms with E-state index >= 15 is 0 Å². The molecule has 1 N–H and O–H groups in total. The summed E-state index contributed by atoms with van der Waals surface area (Å²) in [6.07, 6.45) is 1.43. The molecule has 1 aliphatic carbocycles. The molecular formula is C19H17ClFNO3. The smallest absolute Gasteiger partial charge is 0.228 e. The van der Waals surface area contributed by atoms with Crippen molar-refractivity contribution in [2.45, 2.75) is 18.8 Å². The van der Waals surface area contributed by atoms with E-state index in [2.05, 4.69) is 5.32 Å². The van der Waals surface area contributed by atoms with Crippen molar-refractivity contribution >= 4 is 23.2 Å². The fourth-order valence-electron chi connectivity index (χ4n) is 3.11. The summed E-state index contributed by atoms with van der Waals surface area (Å²) in [6.45, 7) is 1.13. The molecule has 0 unspecified atom stereocenters. The monoisotopic (exact) mass is 361 g/mol. The highest BCUT2D eigenvalue weighted by Gasteiger charge is 2.45. The molecular weight excluding hydrogens is 345 g/mol. The Labute approximate surface area is 149 Å². The van der Waals surface area contributed by atoms with E-state index in [1.54, 1.807) is 30.3 Å². The molecule has 4 rings (SSSR count). The van der Waals surface area contributed by atoms with Crippen LogP contribution in [0.4, 0.5) is 10.1 Å². The molecule has 2 aliphatic rings. The Morgan fingerprint density at radius 1 is 1.16 bits per heavy atom. The van der Waals surface area contributed by atoms with Crippen LogP contribution in [0.5, 0.6) is 11.5 Å². The van der Waals surface area contributed by atoms with E-state index in [4.69, 9.17) is 21.1 Å². The standard InChI is InChI=1S/C19H17ClFNO3/c20-14-9-17-18(25-7-3-6-24-17)10-16(14)22-19(23)13-8-12(13)11-4-1-2-5-15(11)21/h1-2,4-5,9-10,12-13H,3,6-8H2,(H,22,23)/t12-,13+/m1/s1. The maximum Gasteiger partial charge on any atom is 0.228 e. The number of hydrogen-bond donors (Lipinski definition) is 1. The summed E-state index contributed by atoms with van der Waals surface area (Å²) in [6, 6.07) is 9.91. The molecule has 1 aliphatic heterocycles. The first kappa shape index (κ1) is 16.2. The van der Waals surface area contributed by atoms with Crippen LogP contribution in [-0.4, -0.2) is 19.1 Å². The summed E-state index contributed by atoms with van der Waals surface area (Å²) in [7, 11) is 0. The van der Waals surface area contributed by atoms with Gasteiger partial charge < -0.3 is 14.8 Å². The molecule has 2 aromatic carbocycles. The summed E-state index contributed by atoms with van der Waals surface area (Å²) in [4.78, 5) is 12.5. The fourth-order valence-corrected chi connectivity index (χ4v) is 3.31. The van der Waals surface area contributed by atoms with Gasteiger partial charge >= 0.3 is 0 Å².